The van der Waals surface area contributed by atoms with E-state index in [9.17, 15) is 10.5 Å². The van der Waals surface area contributed by atoms with Crippen LogP contribution in [0.1, 0.15) is 22.3 Å². The van der Waals surface area contributed by atoms with Crippen molar-refractivity contribution >= 4 is 68.1 Å². The molecule has 0 amide bonds. The summed E-state index contributed by atoms with van der Waals surface area (Å²) >= 11 is 0. The van der Waals surface area contributed by atoms with Crippen molar-refractivity contribution in [2.45, 2.75) is 13.8 Å². The fourth-order valence-corrected chi connectivity index (χ4v) is 5.19. The molecule has 10 nitrogen and oxygen atoms in total. The van der Waals surface area contributed by atoms with E-state index in [-0.39, 0.29) is 22.5 Å². The van der Waals surface area contributed by atoms with Crippen LogP contribution in [-0.2, 0) is 0 Å². The van der Waals surface area contributed by atoms with Crippen molar-refractivity contribution in [2.75, 3.05) is 9.80 Å². The summed E-state index contributed by atoms with van der Waals surface area (Å²) in [5.74, 6) is 1.78. The molecule has 0 saturated carbocycles. The van der Waals surface area contributed by atoms with Crippen LogP contribution in [0, 0.1) is 49.7 Å². The van der Waals surface area contributed by atoms with E-state index in [1.807, 2.05) is 72.2 Å². The van der Waals surface area contributed by atoms with E-state index in [4.69, 9.17) is 33.1 Å². The molecule has 0 bridgehead atoms. The second kappa shape index (κ2) is 9.89. The Kier molecular flexibility index (Phi) is 5.85. The maximum absolute atomic E-state index is 9.70. The first-order chi connectivity index (χ1) is 21.4. The summed E-state index contributed by atoms with van der Waals surface area (Å²) in [6.07, 6.45) is 0. The van der Waals surface area contributed by atoms with Crippen molar-refractivity contribution in [3.05, 3.63) is 118 Å². The SMILES string of the molecule is [C-]#[N+]c1cc2nc3c(nc2cc1[N+]#[C-])N(c1ccc(C)cc1)c1nc2cc(C#N)c(C#N)cc2nc1N3c1ccc(C)cc1. The van der Waals surface area contributed by atoms with E-state index >= 15 is 0 Å². The Morgan fingerprint density at radius 3 is 1.16 bits per heavy atom. The highest BCUT2D eigenvalue weighted by Gasteiger charge is 2.36. The third kappa shape index (κ3) is 4.00. The molecular formula is C34H18N10. The summed E-state index contributed by atoms with van der Waals surface area (Å²) in [7, 11) is 0. The molecule has 0 aliphatic carbocycles. The van der Waals surface area contributed by atoms with Gasteiger partial charge in [0, 0.05) is 11.4 Å². The average molecular weight is 567 g/mol. The highest BCUT2D eigenvalue weighted by Crippen LogP contribution is 2.52. The Bertz CT molecular complexity index is 2060. The monoisotopic (exact) mass is 566 g/mol. The smallest absolute Gasteiger partial charge is 0.196 e. The minimum Gasteiger partial charge on any atom is -0.273 e. The largest absolute Gasteiger partial charge is 0.273 e. The molecule has 4 aromatic carbocycles. The molecule has 0 unspecified atom stereocenters. The fraction of sp³-hybridized carbons (Fsp3) is 0.0588. The minimum atomic E-state index is 0.193. The van der Waals surface area contributed by atoms with Gasteiger partial charge in [-0.05, 0) is 62.4 Å². The molecule has 6 aromatic rings. The zero-order valence-electron chi connectivity index (χ0n) is 23.4. The lowest BCUT2D eigenvalue weighted by Gasteiger charge is -2.37. The molecule has 0 spiro atoms. The fourth-order valence-electron chi connectivity index (χ4n) is 5.19. The summed E-state index contributed by atoms with van der Waals surface area (Å²) in [6.45, 7) is 19.2. The van der Waals surface area contributed by atoms with E-state index in [0.29, 0.717) is 45.3 Å². The van der Waals surface area contributed by atoms with Crippen LogP contribution in [0.25, 0.3) is 31.8 Å². The van der Waals surface area contributed by atoms with Crippen LogP contribution in [0.5, 0.6) is 0 Å². The zero-order valence-corrected chi connectivity index (χ0v) is 23.4. The Morgan fingerprint density at radius 1 is 0.545 bits per heavy atom. The molecule has 0 radical (unpaired) electrons. The van der Waals surface area contributed by atoms with Gasteiger partial charge in [-0.15, -0.1) is 0 Å². The lowest BCUT2D eigenvalue weighted by molar-refractivity contribution is 1.02. The standard InChI is InChI=1S/C34H18N10/c1-19-5-9-23(10-6-19)43-31-32(40-28-14-22(18-36)21(17-35)13-27(28)39-31)44(24-11-7-20(2)8-12-24)34-33(43)41-29-15-25(37-3)26(38-4)16-30(29)42-34/h5-16H,1-2H3. The maximum Gasteiger partial charge on any atom is 0.196 e. The Labute approximate surface area is 252 Å². The normalized spacial score (nSPS) is 11.7. The van der Waals surface area contributed by atoms with Crippen LogP contribution in [0.15, 0.2) is 72.8 Å². The van der Waals surface area contributed by atoms with Crippen molar-refractivity contribution in [3.8, 4) is 12.1 Å². The maximum atomic E-state index is 9.70. The van der Waals surface area contributed by atoms with E-state index in [1.165, 1.54) is 0 Å². The van der Waals surface area contributed by atoms with Gasteiger partial charge in [-0.1, -0.05) is 35.4 Å². The number of aromatic nitrogens is 4. The van der Waals surface area contributed by atoms with E-state index in [2.05, 4.69) is 21.8 Å². The topological polar surface area (TPSA) is 114 Å². The number of hydrogen-bond donors (Lipinski definition) is 0. The second-order valence-electron chi connectivity index (χ2n) is 10.2. The Hall–Kier alpha value is -6.88. The van der Waals surface area contributed by atoms with Gasteiger partial charge in [0.2, 0.25) is 0 Å². The highest BCUT2D eigenvalue weighted by molar-refractivity contribution is 6.01. The lowest BCUT2D eigenvalue weighted by Crippen LogP contribution is -2.28. The third-order valence-corrected chi connectivity index (χ3v) is 7.41. The molecular weight excluding hydrogens is 548 g/mol. The molecule has 3 heterocycles. The summed E-state index contributed by atoms with van der Waals surface area (Å²) < 4.78 is 0. The number of rotatable bonds is 2. The van der Waals surface area contributed by atoms with Gasteiger partial charge in [0.1, 0.15) is 12.1 Å². The Balaban J connectivity index is 1.62. The van der Waals surface area contributed by atoms with E-state index in [0.717, 1.165) is 22.5 Å². The highest BCUT2D eigenvalue weighted by atomic mass is 15.4. The predicted molar refractivity (Wildman–Crippen MR) is 167 cm³/mol. The Morgan fingerprint density at radius 2 is 0.864 bits per heavy atom. The summed E-state index contributed by atoms with van der Waals surface area (Å²) in [5.41, 5.74) is 6.21. The predicted octanol–water partition coefficient (Wildman–Crippen LogP) is 8.29. The van der Waals surface area contributed by atoms with Gasteiger partial charge in [-0.3, -0.25) is 19.5 Å². The molecule has 2 aromatic heterocycles. The second-order valence-corrected chi connectivity index (χ2v) is 10.2. The molecule has 204 valence electrons. The van der Waals surface area contributed by atoms with Gasteiger partial charge in [0.25, 0.3) is 0 Å². The summed E-state index contributed by atoms with van der Waals surface area (Å²) in [4.78, 5) is 30.9. The number of fused-ring (bicyclic) bond motifs is 4. The van der Waals surface area contributed by atoms with Gasteiger partial charge < -0.3 is 0 Å². The minimum absolute atomic E-state index is 0.193. The molecule has 44 heavy (non-hydrogen) atoms. The van der Waals surface area contributed by atoms with Gasteiger partial charge in [0.15, 0.2) is 34.6 Å². The zero-order chi connectivity index (χ0) is 30.5. The summed E-state index contributed by atoms with van der Waals surface area (Å²) in [6, 6.07) is 26.2. The van der Waals surface area contributed by atoms with Gasteiger partial charge in [-0.25, -0.2) is 19.9 Å². The number of hydrogen-bond acceptors (Lipinski definition) is 8. The van der Waals surface area contributed by atoms with E-state index in [1.54, 1.807) is 24.3 Å². The summed E-state index contributed by atoms with van der Waals surface area (Å²) in [5, 5.41) is 19.4. The molecule has 7 rings (SSSR count). The molecule has 0 fully saturated rings. The van der Waals surface area contributed by atoms with Crippen LogP contribution in [-0.4, -0.2) is 19.9 Å². The quantitative estimate of drug-likeness (QED) is 0.192. The average Bonchev–Trinajstić information content (AvgIpc) is 3.05. The van der Waals surface area contributed by atoms with Gasteiger partial charge in [0.05, 0.1) is 46.3 Å². The first-order valence-corrected chi connectivity index (χ1v) is 13.4. The first-order valence-electron chi connectivity index (χ1n) is 13.4. The molecule has 0 atom stereocenters. The van der Waals surface area contributed by atoms with Crippen molar-refractivity contribution < 1.29 is 0 Å². The molecule has 1 aliphatic heterocycles. The lowest BCUT2D eigenvalue weighted by atomic mass is 10.1. The van der Waals surface area contributed by atoms with Crippen LogP contribution in [0.3, 0.4) is 0 Å². The number of nitriles is 2. The van der Waals surface area contributed by atoms with Crippen LogP contribution >= 0.6 is 0 Å². The van der Waals surface area contributed by atoms with Crippen LogP contribution in [0.2, 0.25) is 0 Å². The molecule has 1 aliphatic rings. The van der Waals surface area contributed by atoms with E-state index < -0.39 is 0 Å². The third-order valence-electron chi connectivity index (χ3n) is 7.41. The van der Waals surface area contributed by atoms with Crippen LogP contribution < -0.4 is 9.80 Å². The van der Waals surface area contributed by atoms with Crippen molar-refractivity contribution in [3.63, 3.8) is 0 Å². The number of benzene rings is 4. The number of nitrogens with zero attached hydrogens (tertiary/aromatic N) is 10. The first kappa shape index (κ1) is 26.0. The van der Waals surface area contributed by atoms with Crippen molar-refractivity contribution in [1.29, 1.82) is 10.5 Å². The molecule has 0 N–H and O–H groups in total. The van der Waals surface area contributed by atoms with Crippen LogP contribution in [0.4, 0.5) is 46.0 Å². The number of aryl methyl sites for hydroxylation is 2. The molecule has 0 saturated heterocycles. The van der Waals surface area contributed by atoms with Gasteiger partial charge in [-0.2, -0.15) is 10.5 Å². The van der Waals surface area contributed by atoms with Crippen molar-refractivity contribution in [2.24, 2.45) is 0 Å². The number of anilines is 6. The van der Waals surface area contributed by atoms with Crippen molar-refractivity contribution in [1.82, 2.24) is 19.9 Å². The van der Waals surface area contributed by atoms with Gasteiger partial charge >= 0.3 is 0 Å². The molecule has 10 heteroatoms.